The van der Waals surface area contributed by atoms with Crippen molar-refractivity contribution in [1.82, 2.24) is 30.6 Å². The molecule has 4 aromatic carbocycles. The second-order valence-electron chi connectivity index (χ2n) is 9.50. The average Bonchev–Trinajstić information content (AvgIpc) is 3.60. The number of rotatable bonds is 9. The monoisotopic (exact) mass is 528 g/mol. The zero-order valence-electron chi connectivity index (χ0n) is 21.8. The number of hydrogen-bond acceptors (Lipinski definition) is 4. The van der Waals surface area contributed by atoms with Gasteiger partial charge in [0.1, 0.15) is 11.6 Å². The highest BCUT2D eigenvalue weighted by molar-refractivity contribution is 6.06. The van der Waals surface area contributed by atoms with Crippen molar-refractivity contribution in [3.05, 3.63) is 120 Å². The van der Waals surface area contributed by atoms with Crippen molar-refractivity contribution in [3.63, 3.8) is 0 Å². The number of carbonyl (C=O) groups is 2. The Kier molecular flexibility index (Phi) is 7.05. The molecule has 40 heavy (non-hydrogen) atoms. The summed E-state index contributed by atoms with van der Waals surface area (Å²) in [5.41, 5.74) is 6.18. The fourth-order valence-electron chi connectivity index (χ4n) is 4.86. The molecule has 2 heterocycles. The normalized spacial score (nSPS) is 11.1. The maximum absolute atomic E-state index is 13.2. The average molecular weight is 529 g/mol. The number of H-pyrrole nitrogens is 2. The lowest BCUT2D eigenvalue weighted by atomic mass is 9.94. The Hall–Kier alpha value is -5.24. The quantitative estimate of drug-likeness (QED) is 0.210. The first-order chi connectivity index (χ1) is 19.7. The van der Waals surface area contributed by atoms with Gasteiger partial charge in [0.2, 0.25) is 0 Å². The largest absolute Gasteiger partial charge is 0.352 e. The SMILES string of the molecule is O=C(NCCc1nc2ccccc2[nH]1)c1ccccc1-c1ccccc1C(=O)NCCc1nc2ccccc2[nH]1. The van der Waals surface area contributed by atoms with E-state index in [2.05, 4.69) is 30.6 Å². The van der Waals surface area contributed by atoms with Crippen LogP contribution in [-0.2, 0) is 12.8 Å². The number of imidazole rings is 2. The highest BCUT2D eigenvalue weighted by Crippen LogP contribution is 2.27. The van der Waals surface area contributed by atoms with Gasteiger partial charge in [-0.3, -0.25) is 9.59 Å². The minimum atomic E-state index is -0.202. The van der Waals surface area contributed by atoms with Crippen LogP contribution in [0.5, 0.6) is 0 Å². The van der Waals surface area contributed by atoms with Crippen molar-refractivity contribution in [2.24, 2.45) is 0 Å². The fraction of sp³-hybridized carbons (Fsp3) is 0.125. The van der Waals surface area contributed by atoms with Gasteiger partial charge < -0.3 is 20.6 Å². The Labute approximate surface area is 230 Å². The van der Waals surface area contributed by atoms with Gasteiger partial charge in [-0.1, -0.05) is 60.7 Å². The van der Waals surface area contributed by atoms with Gasteiger partial charge in [-0.15, -0.1) is 0 Å². The summed E-state index contributed by atoms with van der Waals surface area (Å²) < 4.78 is 0. The van der Waals surface area contributed by atoms with Crippen LogP contribution in [0.15, 0.2) is 97.1 Å². The molecule has 0 fully saturated rings. The van der Waals surface area contributed by atoms with Crippen LogP contribution in [0.25, 0.3) is 33.2 Å². The maximum atomic E-state index is 13.2. The van der Waals surface area contributed by atoms with E-state index in [-0.39, 0.29) is 11.8 Å². The molecule has 0 aliphatic rings. The van der Waals surface area contributed by atoms with E-state index in [0.29, 0.717) is 48.2 Å². The summed E-state index contributed by atoms with van der Waals surface area (Å²) in [4.78, 5) is 42.2. The van der Waals surface area contributed by atoms with E-state index in [1.165, 1.54) is 0 Å². The summed E-state index contributed by atoms with van der Waals surface area (Å²) in [7, 11) is 0. The van der Waals surface area contributed by atoms with Crippen LogP contribution >= 0.6 is 0 Å². The molecule has 0 bridgehead atoms. The number of benzene rings is 4. The molecule has 0 radical (unpaired) electrons. The summed E-state index contributed by atoms with van der Waals surface area (Å²) in [6.07, 6.45) is 1.15. The van der Waals surface area contributed by atoms with Crippen LogP contribution in [0, 0.1) is 0 Å². The minimum Gasteiger partial charge on any atom is -0.352 e. The molecule has 0 saturated heterocycles. The van der Waals surface area contributed by atoms with E-state index < -0.39 is 0 Å². The van der Waals surface area contributed by atoms with Gasteiger partial charge in [-0.25, -0.2) is 9.97 Å². The molecule has 2 amide bonds. The third-order valence-electron chi connectivity index (χ3n) is 6.81. The smallest absolute Gasteiger partial charge is 0.251 e. The number of aromatic nitrogens is 4. The molecule has 0 aliphatic carbocycles. The van der Waals surface area contributed by atoms with E-state index in [1.807, 2.05) is 84.9 Å². The molecule has 4 N–H and O–H groups in total. The van der Waals surface area contributed by atoms with E-state index in [1.54, 1.807) is 12.1 Å². The Morgan fingerprint density at radius 2 is 0.950 bits per heavy atom. The Morgan fingerprint density at radius 1 is 0.550 bits per heavy atom. The second kappa shape index (κ2) is 11.2. The zero-order chi connectivity index (χ0) is 27.3. The highest BCUT2D eigenvalue weighted by Gasteiger charge is 2.18. The number of para-hydroxylation sites is 4. The summed E-state index contributed by atoms with van der Waals surface area (Å²) in [6, 6.07) is 30.4. The van der Waals surface area contributed by atoms with Crippen molar-refractivity contribution < 1.29 is 9.59 Å². The fourth-order valence-corrected chi connectivity index (χ4v) is 4.86. The molecular weight excluding hydrogens is 500 g/mol. The van der Waals surface area contributed by atoms with Crippen LogP contribution in [-0.4, -0.2) is 44.8 Å². The summed E-state index contributed by atoms with van der Waals surface area (Å²) in [5.74, 6) is 1.23. The Balaban J connectivity index is 1.13. The van der Waals surface area contributed by atoms with Gasteiger partial charge in [0.25, 0.3) is 11.8 Å². The number of amides is 2. The van der Waals surface area contributed by atoms with E-state index in [4.69, 9.17) is 0 Å². The Bertz CT molecular complexity index is 1620. The van der Waals surface area contributed by atoms with Crippen LogP contribution < -0.4 is 10.6 Å². The molecular formula is C32H28N6O2. The topological polar surface area (TPSA) is 116 Å². The first-order valence-corrected chi connectivity index (χ1v) is 13.3. The molecule has 0 saturated carbocycles. The number of hydrogen-bond donors (Lipinski definition) is 4. The number of aromatic amines is 2. The molecule has 0 unspecified atom stereocenters. The molecule has 6 rings (SSSR count). The molecule has 0 atom stereocenters. The predicted molar refractivity (Wildman–Crippen MR) is 156 cm³/mol. The van der Waals surface area contributed by atoms with Crippen LogP contribution in [0.3, 0.4) is 0 Å². The van der Waals surface area contributed by atoms with Gasteiger partial charge >= 0.3 is 0 Å². The van der Waals surface area contributed by atoms with Gasteiger partial charge in [-0.2, -0.15) is 0 Å². The summed E-state index contributed by atoms with van der Waals surface area (Å²) >= 11 is 0. The summed E-state index contributed by atoms with van der Waals surface area (Å²) in [6.45, 7) is 0.855. The van der Waals surface area contributed by atoms with Crippen LogP contribution in [0.1, 0.15) is 32.4 Å². The van der Waals surface area contributed by atoms with Gasteiger partial charge in [0.15, 0.2) is 0 Å². The molecule has 2 aromatic heterocycles. The van der Waals surface area contributed by atoms with E-state index in [9.17, 15) is 9.59 Å². The second-order valence-corrected chi connectivity index (χ2v) is 9.50. The van der Waals surface area contributed by atoms with Crippen molar-refractivity contribution in [2.45, 2.75) is 12.8 Å². The maximum Gasteiger partial charge on any atom is 0.251 e. The highest BCUT2D eigenvalue weighted by atomic mass is 16.2. The molecule has 198 valence electrons. The zero-order valence-corrected chi connectivity index (χ0v) is 21.8. The number of nitrogens with zero attached hydrogens (tertiary/aromatic N) is 2. The lowest BCUT2D eigenvalue weighted by Crippen LogP contribution is -2.28. The number of nitrogens with one attached hydrogen (secondary N) is 4. The van der Waals surface area contributed by atoms with Crippen molar-refractivity contribution >= 4 is 33.9 Å². The number of carbonyl (C=O) groups excluding carboxylic acids is 2. The first kappa shape index (κ1) is 25.1. The molecule has 6 aromatic rings. The van der Waals surface area contributed by atoms with Gasteiger partial charge in [0, 0.05) is 37.1 Å². The van der Waals surface area contributed by atoms with Gasteiger partial charge in [-0.05, 0) is 47.5 Å². The standard InChI is InChI=1S/C32H28N6O2/c39-31(33-19-17-29-35-25-13-5-6-14-26(25)36-29)23-11-3-1-9-21(23)22-10-2-4-12-24(22)32(40)34-20-18-30-37-27-15-7-8-16-28(27)38-30/h1-16H,17-20H2,(H,33,39)(H,34,40)(H,35,36)(H,37,38). The van der Waals surface area contributed by atoms with Crippen molar-refractivity contribution in [2.75, 3.05) is 13.1 Å². The third-order valence-corrected chi connectivity index (χ3v) is 6.81. The van der Waals surface area contributed by atoms with Crippen LogP contribution in [0.4, 0.5) is 0 Å². The lowest BCUT2D eigenvalue weighted by Gasteiger charge is -2.14. The molecule has 0 spiro atoms. The molecule has 8 nitrogen and oxygen atoms in total. The van der Waals surface area contributed by atoms with Crippen molar-refractivity contribution in [1.29, 1.82) is 0 Å². The minimum absolute atomic E-state index is 0.202. The van der Waals surface area contributed by atoms with E-state index in [0.717, 1.165) is 33.7 Å². The Morgan fingerprint density at radius 3 is 1.40 bits per heavy atom. The number of fused-ring (bicyclic) bond motifs is 2. The first-order valence-electron chi connectivity index (χ1n) is 13.3. The summed E-state index contributed by atoms with van der Waals surface area (Å²) in [5, 5.41) is 6.01. The lowest BCUT2D eigenvalue weighted by molar-refractivity contribution is 0.0944. The third kappa shape index (κ3) is 5.33. The van der Waals surface area contributed by atoms with E-state index >= 15 is 0 Å². The molecule has 8 heteroatoms. The van der Waals surface area contributed by atoms with Crippen molar-refractivity contribution in [3.8, 4) is 11.1 Å². The predicted octanol–water partition coefficient (Wildman–Crippen LogP) is 5.05. The van der Waals surface area contributed by atoms with Gasteiger partial charge in [0.05, 0.1) is 22.1 Å². The van der Waals surface area contributed by atoms with Crippen LogP contribution in [0.2, 0.25) is 0 Å². The molecule has 0 aliphatic heterocycles.